The van der Waals surface area contributed by atoms with Gasteiger partial charge in [-0.1, -0.05) is 0 Å². The van der Waals surface area contributed by atoms with E-state index in [-0.39, 0.29) is 0 Å². The summed E-state index contributed by atoms with van der Waals surface area (Å²) in [5, 5.41) is 4.82. The van der Waals surface area contributed by atoms with Crippen molar-refractivity contribution in [3.8, 4) is 5.75 Å². The van der Waals surface area contributed by atoms with Crippen LogP contribution in [0.15, 0.2) is 28.8 Å². The van der Waals surface area contributed by atoms with E-state index in [0.717, 1.165) is 44.5 Å². The molecule has 3 heterocycles. The van der Waals surface area contributed by atoms with E-state index in [1.807, 2.05) is 31.2 Å². The average Bonchev–Trinajstić information content (AvgIpc) is 2.97. The third-order valence-electron chi connectivity index (χ3n) is 3.36. The Bertz CT molecular complexity index is 921. The SMILES string of the molecule is COc1ccc2nc3nc4c(C)[nH]oc4cc3c2c1. The number of fused-ring (bicyclic) bond motifs is 4. The van der Waals surface area contributed by atoms with E-state index in [1.165, 1.54) is 0 Å². The quantitative estimate of drug-likeness (QED) is 0.566. The largest absolute Gasteiger partial charge is 0.497 e. The van der Waals surface area contributed by atoms with Crippen LogP contribution in [0.1, 0.15) is 5.69 Å². The number of hydrogen-bond donors (Lipinski definition) is 1. The number of aromatic nitrogens is 3. The number of H-pyrrole nitrogens is 1. The van der Waals surface area contributed by atoms with Gasteiger partial charge in [0.1, 0.15) is 11.3 Å². The Hall–Kier alpha value is -2.56. The number of pyridine rings is 1. The second kappa shape index (κ2) is 3.47. The van der Waals surface area contributed by atoms with Gasteiger partial charge in [0, 0.05) is 10.8 Å². The molecule has 0 radical (unpaired) electrons. The molecule has 0 saturated heterocycles. The van der Waals surface area contributed by atoms with Crippen molar-refractivity contribution < 1.29 is 9.26 Å². The molecule has 0 unspecified atom stereocenters. The lowest BCUT2D eigenvalue weighted by Gasteiger charge is -1.98. The summed E-state index contributed by atoms with van der Waals surface area (Å²) in [5.74, 6) is 0.809. The first-order valence-corrected chi connectivity index (χ1v) is 5.98. The molecule has 0 atom stereocenters. The number of rotatable bonds is 1. The van der Waals surface area contributed by atoms with Crippen molar-refractivity contribution in [3.05, 3.63) is 30.0 Å². The zero-order valence-electron chi connectivity index (χ0n) is 10.5. The molecule has 4 aromatic rings. The fraction of sp³-hybridized carbons (Fsp3) is 0.143. The molecule has 0 aliphatic heterocycles. The number of ether oxygens (including phenoxy) is 1. The predicted octanol–water partition coefficient (Wildman–Crippen LogP) is 3.17. The summed E-state index contributed by atoms with van der Waals surface area (Å²) in [5.41, 5.74) is 4.11. The van der Waals surface area contributed by atoms with Crippen LogP contribution in [0.3, 0.4) is 0 Å². The number of nitrogens with one attached hydrogen (secondary N) is 1. The summed E-state index contributed by atoms with van der Waals surface area (Å²) < 4.78 is 10.6. The molecule has 94 valence electrons. The Morgan fingerprint density at radius 1 is 1.16 bits per heavy atom. The van der Waals surface area contributed by atoms with Crippen LogP contribution in [0.2, 0.25) is 0 Å². The third kappa shape index (κ3) is 1.35. The van der Waals surface area contributed by atoms with Gasteiger partial charge in [-0.15, -0.1) is 0 Å². The van der Waals surface area contributed by atoms with Crippen LogP contribution in [0.5, 0.6) is 5.75 Å². The molecular formula is C14H11N3O2. The zero-order valence-corrected chi connectivity index (χ0v) is 10.5. The number of aromatic amines is 1. The van der Waals surface area contributed by atoms with Crippen molar-refractivity contribution >= 4 is 33.0 Å². The van der Waals surface area contributed by atoms with Gasteiger partial charge in [-0.25, -0.2) is 15.1 Å². The maximum absolute atomic E-state index is 5.39. The molecule has 0 bridgehead atoms. The lowest BCUT2D eigenvalue weighted by atomic mass is 10.2. The number of nitrogens with zero attached hydrogens (tertiary/aromatic N) is 2. The molecule has 0 spiro atoms. The van der Waals surface area contributed by atoms with Gasteiger partial charge >= 0.3 is 0 Å². The van der Waals surface area contributed by atoms with Gasteiger partial charge in [0.15, 0.2) is 11.2 Å². The Labute approximate surface area is 108 Å². The van der Waals surface area contributed by atoms with E-state index in [1.54, 1.807) is 7.11 Å². The molecule has 0 fully saturated rings. The number of benzene rings is 1. The van der Waals surface area contributed by atoms with Crippen LogP contribution in [0.4, 0.5) is 0 Å². The van der Waals surface area contributed by atoms with E-state index in [9.17, 15) is 0 Å². The van der Waals surface area contributed by atoms with E-state index >= 15 is 0 Å². The molecule has 1 aromatic carbocycles. The molecule has 0 saturated carbocycles. The van der Waals surface area contributed by atoms with Gasteiger partial charge in [0.2, 0.25) is 0 Å². The summed E-state index contributed by atoms with van der Waals surface area (Å²) in [6.45, 7) is 1.93. The molecule has 5 nitrogen and oxygen atoms in total. The number of methoxy groups -OCH3 is 1. The minimum absolute atomic E-state index is 0.730. The van der Waals surface area contributed by atoms with Crippen molar-refractivity contribution in [1.29, 1.82) is 0 Å². The predicted molar refractivity (Wildman–Crippen MR) is 72.5 cm³/mol. The van der Waals surface area contributed by atoms with Gasteiger partial charge in [-0.2, -0.15) is 0 Å². The Morgan fingerprint density at radius 2 is 2.05 bits per heavy atom. The Kier molecular flexibility index (Phi) is 1.90. The van der Waals surface area contributed by atoms with Crippen molar-refractivity contribution in [1.82, 2.24) is 15.1 Å². The van der Waals surface area contributed by atoms with E-state index in [4.69, 9.17) is 9.26 Å². The van der Waals surface area contributed by atoms with Crippen LogP contribution in [-0.4, -0.2) is 22.2 Å². The molecule has 3 aromatic heterocycles. The first kappa shape index (κ1) is 10.4. The zero-order chi connectivity index (χ0) is 13.0. The van der Waals surface area contributed by atoms with Crippen LogP contribution in [0, 0.1) is 6.92 Å². The molecule has 0 aliphatic rings. The average molecular weight is 253 g/mol. The standard InChI is InChI=1S/C14H11N3O2/c1-7-13-12(19-17-7)6-10-9-5-8(18-2)3-4-11(9)15-14(10)16-13/h3-6,17H,1-2H3. The fourth-order valence-electron chi connectivity index (χ4n) is 2.36. The molecule has 19 heavy (non-hydrogen) atoms. The molecule has 0 aliphatic carbocycles. The maximum Gasteiger partial charge on any atom is 0.183 e. The third-order valence-corrected chi connectivity index (χ3v) is 3.36. The van der Waals surface area contributed by atoms with E-state index in [2.05, 4.69) is 15.1 Å². The maximum atomic E-state index is 5.39. The highest BCUT2D eigenvalue weighted by Crippen LogP contribution is 2.30. The second-order valence-electron chi connectivity index (χ2n) is 4.53. The molecule has 4 rings (SSSR count). The lowest BCUT2D eigenvalue weighted by Crippen LogP contribution is -1.80. The second-order valence-corrected chi connectivity index (χ2v) is 4.53. The topological polar surface area (TPSA) is 63.9 Å². The summed E-state index contributed by atoms with van der Waals surface area (Å²) >= 11 is 0. The fourth-order valence-corrected chi connectivity index (χ4v) is 2.36. The van der Waals surface area contributed by atoms with E-state index < -0.39 is 0 Å². The monoisotopic (exact) mass is 253 g/mol. The highest BCUT2D eigenvalue weighted by Gasteiger charge is 2.12. The minimum Gasteiger partial charge on any atom is -0.497 e. The number of hydrogen-bond acceptors (Lipinski definition) is 4. The van der Waals surface area contributed by atoms with Crippen LogP contribution in [0.25, 0.3) is 33.0 Å². The van der Waals surface area contributed by atoms with Gasteiger partial charge in [0.05, 0.1) is 18.3 Å². The minimum atomic E-state index is 0.730. The first-order chi connectivity index (χ1) is 9.26. The van der Waals surface area contributed by atoms with Gasteiger partial charge in [0.25, 0.3) is 0 Å². The lowest BCUT2D eigenvalue weighted by molar-refractivity contribution is 0.415. The summed E-state index contributed by atoms with van der Waals surface area (Å²) in [4.78, 5) is 9.09. The summed E-state index contributed by atoms with van der Waals surface area (Å²) in [6, 6.07) is 7.78. The molecule has 0 amide bonds. The number of aryl methyl sites for hydroxylation is 1. The van der Waals surface area contributed by atoms with Gasteiger partial charge in [-0.05, 0) is 31.2 Å². The van der Waals surface area contributed by atoms with E-state index in [0.29, 0.717) is 0 Å². The van der Waals surface area contributed by atoms with Crippen LogP contribution < -0.4 is 4.74 Å². The van der Waals surface area contributed by atoms with Crippen LogP contribution in [-0.2, 0) is 0 Å². The summed E-state index contributed by atoms with van der Waals surface area (Å²) in [6.07, 6.45) is 0. The highest BCUT2D eigenvalue weighted by atomic mass is 16.5. The summed E-state index contributed by atoms with van der Waals surface area (Å²) in [7, 11) is 1.65. The molecular weight excluding hydrogens is 242 g/mol. The van der Waals surface area contributed by atoms with Gasteiger partial charge < -0.3 is 9.26 Å². The van der Waals surface area contributed by atoms with Crippen molar-refractivity contribution in [2.24, 2.45) is 0 Å². The highest BCUT2D eigenvalue weighted by molar-refractivity contribution is 6.09. The Balaban J connectivity index is 2.17. The first-order valence-electron chi connectivity index (χ1n) is 5.98. The normalized spacial score (nSPS) is 11.7. The van der Waals surface area contributed by atoms with Crippen molar-refractivity contribution in [2.75, 3.05) is 7.11 Å². The molecule has 1 N–H and O–H groups in total. The smallest absolute Gasteiger partial charge is 0.183 e. The Morgan fingerprint density at radius 3 is 2.89 bits per heavy atom. The van der Waals surface area contributed by atoms with Crippen LogP contribution >= 0.6 is 0 Å². The van der Waals surface area contributed by atoms with Gasteiger partial charge in [-0.3, -0.25) is 0 Å². The molecule has 5 heteroatoms. The van der Waals surface area contributed by atoms with Crippen molar-refractivity contribution in [2.45, 2.75) is 6.92 Å². The van der Waals surface area contributed by atoms with Crippen molar-refractivity contribution in [3.63, 3.8) is 0 Å².